The third kappa shape index (κ3) is 3.76. The summed E-state index contributed by atoms with van der Waals surface area (Å²) in [5.41, 5.74) is 1.82. The number of anilines is 1. The Morgan fingerprint density at radius 3 is 2.58 bits per heavy atom. The Bertz CT molecular complexity index is 525. The molecule has 2 aromatic rings. The second-order valence-electron chi connectivity index (χ2n) is 4.57. The number of hydrogen-bond acceptors (Lipinski definition) is 3. The minimum Gasteiger partial charge on any atom is -0.373 e. The van der Waals surface area contributed by atoms with E-state index in [1.807, 2.05) is 44.6 Å². The lowest BCUT2D eigenvalue weighted by atomic mass is 10.2. The van der Waals surface area contributed by atoms with Gasteiger partial charge >= 0.3 is 0 Å². The molecule has 1 aromatic carbocycles. The van der Waals surface area contributed by atoms with Crippen LogP contribution in [0.4, 0.5) is 10.2 Å². The van der Waals surface area contributed by atoms with E-state index in [2.05, 4.69) is 15.2 Å². The molecule has 100 valence electrons. The van der Waals surface area contributed by atoms with Gasteiger partial charge in [0, 0.05) is 31.9 Å². The number of pyridine rings is 1. The van der Waals surface area contributed by atoms with Crippen LogP contribution in [0.5, 0.6) is 0 Å². The summed E-state index contributed by atoms with van der Waals surface area (Å²) < 4.78 is 13.5. The molecule has 1 heterocycles. The van der Waals surface area contributed by atoms with Crippen LogP contribution >= 0.6 is 0 Å². The molecule has 3 nitrogen and oxygen atoms in total. The fourth-order valence-corrected chi connectivity index (χ4v) is 1.95. The van der Waals surface area contributed by atoms with E-state index in [0.29, 0.717) is 12.1 Å². The first-order valence-corrected chi connectivity index (χ1v) is 6.23. The molecule has 0 bridgehead atoms. The summed E-state index contributed by atoms with van der Waals surface area (Å²) in [6.45, 7) is 1.33. The van der Waals surface area contributed by atoms with E-state index in [9.17, 15) is 4.39 Å². The van der Waals surface area contributed by atoms with E-state index in [1.54, 1.807) is 6.07 Å². The third-order valence-corrected chi connectivity index (χ3v) is 2.93. The molecular formula is C15H18FN3. The zero-order valence-corrected chi connectivity index (χ0v) is 11.2. The van der Waals surface area contributed by atoms with Crippen molar-refractivity contribution in [3.8, 4) is 0 Å². The van der Waals surface area contributed by atoms with Gasteiger partial charge in [-0.3, -0.25) is 4.90 Å². The molecule has 0 amide bonds. The van der Waals surface area contributed by atoms with Gasteiger partial charge in [-0.15, -0.1) is 0 Å². The Morgan fingerprint density at radius 2 is 1.95 bits per heavy atom. The van der Waals surface area contributed by atoms with Gasteiger partial charge in [0.25, 0.3) is 0 Å². The van der Waals surface area contributed by atoms with Crippen LogP contribution < -0.4 is 5.32 Å². The molecule has 0 atom stereocenters. The highest BCUT2D eigenvalue weighted by atomic mass is 19.1. The largest absolute Gasteiger partial charge is 0.373 e. The van der Waals surface area contributed by atoms with Crippen LogP contribution in [0.25, 0.3) is 0 Å². The molecule has 0 radical (unpaired) electrons. The standard InChI is InChI=1S/C15H18FN3/c1-17-15-8-7-12(9-18-15)10-19(2)11-13-5-3-4-6-14(13)16/h3-9H,10-11H2,1-2H3,(H,17,18). The van der Waals surface area contributed by atoms with E-state index >= 15 is 0 Å². The van der Waals surface area contributed by atoms with Crippen LogP contribution in [-0.4, -0.2) is 24.0 Å². The lowest BCUT2D eigenvalue weighted by Crippen LogP contribution is -2.18. The van der Waals surface area contributed by atoms with Gasteiger partial charge in [-0.1, -0.05) is 24.3 Å². The lowest BCUT2D eigenvalue weighted by Gasteiger charge is -2.17. The number of nitrogens with zero attached hydrogens (tertiary/aromatic N) is 2. The van der Waals surface area contributed by atoms with Crippen molar-refractivity contribution in [1.82, 2.24) is 9.88 Å². The maximum atomic E-state index is 13.5. The van der Waals surface area contributed by atoms with Crippen LogP contribution in [-0.2, 0) is 13.1 Å². The first-order valence-electron chi connectivity index (χ1n) is 6.23. The highest BCUT2D eigenvalue weighted by Crippen LogP contribution is 2.12. The minimum absolute atomic E-state index is 0.155. The van der Waals surface area contributed by atoms with Gasteiger partial charge in [0.15, 0.2) is 0 Å². The summed E-state index contributed by atoms with van der Waals surface area (Å²) in [6, 6.07) is 10.8. The quantitative estimate of drug-likeness (QED) is 0.895. The number of rotatable bonds is 5. The minimum atomic E-state index is -0.155. The van der Waals surface area contributed by atoms with Crippen LogP contribution in [0.3, 0.4) is 0 Å². The first-order chi connectivity index (χ1) is 9.19. The van der Waals surface area contributed by atoms with E-state index < -0.39 is 0 Å². The zero-order valence-electron chi connectivity index (χ0n) is 11.2. The fourth-order valence-electron chi connectivity index (χ4n) is 1.95. The van der Waals surface area contributed by atoms with Gasteiger partial charge in [-0.05, 0) is 24.7 Å². The predicted molar refractivity (Wildman–Crippen MR) is 75.4 cm³/mol. The van der Waals surface area contributed by atoms with Crippen molar-refractivity contribution in [2.24, 2.45) is 0 Å². The molecule has 0 fully saturated rings. The summed E-state index contributed by atoms with van der Waals surface area (Å²) in [5.74, 6) is 0.693. The van der Waals surface area contributed by atoms with Crippen LogP contribution in [0.1, 0.15) is 11.1 Å². The van der Waals surface area contributed by atoms with Crippen molar-refractivity contribution in [1.29, 1.82) is 0 Å². The zero-order chi connectivity index (χ0) is 13.7. The number of hydrogen-bond donors (Lipinski definition) is 1. The summed E-state index contributed by atoms with van der Waals surface area (Å²) >= 11 is 0. The van der Waals surface area contributed by atoms with Crippen molar-refractivity contribution in [3.63, 3.8) is 0 Å². The highest BCUT2D eigenvalue weighted by molar-refractivity contribution is 5.34. The Balaban J connectivity index is 1.97. The second-order valence-corrected chi connectivity index (χ2v) is 4.57. The molecule has 0 aliphatic carbocycles. The number of benzene rings is 1. The predicted octanol–water partition coefficient (Wildman–Crippen LogP) is 2.89. The fraction of sp³-hybridized carbons (Fsp3) is 0.267. The normalized spacial score (nSPS) is 10.7. The van der Waals surface area contributed by atoms with Crippen molar-refractivity contribution in [3.05, 3.63) is 59.5 Å². The van der Waals surface area contributed by atoms with Crippen LogP contribution in [0, 0.1) is 5.82 Å². The second kappa shape index (κ2) is 6.29. The van der Waals surface area contributed by atoms with Crippen molar-refractivity contribution >= 4 is 5.82 Å². The maximum absolute atomic E-state index is 13.5. The summed E-state index contributed by atoms with van der Waals surface area (Å²) in [7, 11) is 3.81. The topological polar surface area (TPSA) is 28.2 Å². The average Bonchev–Trinajstić information content (AvgIpc) is 2.42. The Labute approximate surface area is 113 Å². The monoisotopic (exact) mass is 259 g/mol. The summed E-state index contributed by atoms with van der Waals surface area (Å²) in [4.78, 5) is 6.33. The van der Waals surface area contributed by atoms with Gasteiger partial charge in [-0.25, -0.2) is 9.37 Å². The number of aromatic nitrogens is 1. The molecule has 1 N–H and O–H groups in total. The number of halogens is 1. The van der Waals surface area contributed by atoms with E-state index in [-0.39, 0.29) is 5.82 Å². The SMILES string of the molecule is CNc1ccc(CN(C)Cc2ccccc2F)cn1. The Morgan fingerprint density at radius 1 is 1.16 bits per heavy atom. The van der Waals surface area contributed by atoms with Gasteiger partial charge < -0.3 is 5.32 Å². The summed E-state index contributed by atoms with van der Waals surface area (Å²) in [6.07, 6.45) is 1.84. The van der Waals surface area contributed by atoms with Crippen molar-refractivity contribution < 1.29 is 4.39 Å². The van der Waals surface area contributed by atoms with Crippen LogP contribution in [0.2, 0.25) is 0 Å². The number of nitrogens with one attached hydrogen (secondary N) is 1. The summed E-state index contributed by atoms with van der Waals surface area (Å²) in [5, 5.41) is 2.98. The molecule has 19 heavy (non-hydrogen) atoms. The molecule has 4 heteroatoms. The Kier molecular flexibility index (Phi) is 4.47. The molecule has 0 saturated heterocycles. The molecule has 0 aliphatic heterocycles. The molecule has 1 aromatic heterocycles. The molecule has 0 spiro atoms. The first kappa shape index (κ1) is 13.5. The molecule has 2 rings (SSSR count). The van der Waals surface area contributed by atoms with Crippen molar-refractivity contribution in [2.75, 3.05) is 19.4 Å². The smallest absolute Gasteiger partial charge is 0.127 e. The molecule has 0 saturated carbocycles. The third-order valence-electron chi connectivity index (χ3n) is 2.93. The van der Waals surface area contributed by atoms with Gasteiger partial charge in [0.1, 0.15) is 11.6 Å². The van der Waals surface area contributed by atoms with Gasteiger partial charge in [0.2, 0.25) is 0 Å². The molecule has 0 aliphatic rings. The van der Waals surface area contributed by atoms with E-state index in [0.717, 1.165) is 17.9 Å². The maximum Gasteiger partial charge on any atom is 0.127 e. The van der Waals surface area contributed by atoms with Crippen molar-refractivity contribution in [2.45, 2.75) is 13.1 Å². The van der Waals surface area contributed by atoms with Gasteiger partial charge in [-0.2, -0.15) is 0 Å². The van der Waals surface area contributed by atoms with E-state index in [4.69, 9.17) is 0 Å². The molecular weight excluding hydrogens is 241 g/mol. The molecule has 0 unspecified atom stereocenters. The van der Waals surface area contributed by atoms with E-state index in [1.165, 1.54) is 6.07 Å². The van der Waals surface area contributed by atoms with Gasteiger partial charge in [0.05, 0.1) is 0 Å². The Hall–Kier alpha value is -1.94. The van der Waals surface area contributed by atoms with Crippen LogP contribution in [0.15, 0.2) is 42.6 Å². The lowest BCUT2D eigenvalue weighted by molar-refractivity contribution is 0.313. The highest BCUT2D eigenvalue weighted by Gasteiger charge is 2.06. The average molecular weight is 259 g/mol.